The molecule has 7 heteroatoms. The number of aromatic nitrogens is 2. The van der Waals surface area contributed by atoms with Crippen molar-refractivity contribution in [1.82, 2.24) is 15.3 Å². The highest BCUT2D eigenvalue weighted by atomic mass is 16.5. The van der Waals surface area contributed by atoms with Gasteiger partial charge in [-0.05, 0) is 74.6 Å². The molecule has 1 fully saturated rings. The quantitative estimate of drug-likeness (QED) is 0.565. The van der Waals surface area contributed by atoms with E-state index < -0.39 is 5.60 Å². The predicted molar refractivity (Wildman–Crippen MR) is 134 cm³/mol. The van der Waals surface area contributed by atoms with E-state index in [1.165, 1.54) is 11.8 Å². The van der Waals surface area contributed by atoms with Crippen molar-refractivity contribution in [2.24, 2.45) is 0 Å². The van der Waals surface area contributed by atoms with Crippen LogP contribution in [0.3, 0.4) is 0 Å². The van der Waals surface area contributed by atoms with Crippen molar-refractivity contribution in [3.8, 4) is 5.88 Å². The number of methoxy groups -OCH3 is 1. The zero-order valence-corrected chi connectivity index (χ0v) is 20.2. The maximum atomic E-state index is 11.4. The molecule has 2 aliphatic carbocycles. The summed E-state index contributed by atoms with van der Waals surface area (Å²) in [4.78, 5) is 9.01. The van der Waals surface area contributed by atoms with E-state index in [1.54, 1.807) is 19.6 Å². The zero-order valence-electron chi connectivity index (χ0n) is 20.2. The van der Waals surface area contributed by atoms with Gasteiger partial charge < -0.3 is 24.6 Å². The Bertz CT molecular complexity index is 1160. The number of allylic oxidation sites excluding steroid dienone is 3. The molecule has 3 aliphatic rings. The summed E-state index contributed by atoms with van der Waals surface area (Å²) in [5.41, 5.74) is 3.40. The molecule has 0 amide bonds. The molecule has 2 aromatic heterocycles. The number of aryl methyl sites for hydroxylation is 1. The van der Waals surface area contributed by atoms with Gasteiger partial charge in [0, 0.05) is 18.3 Å². The van der Waals surface area contributed by atoms with Crippen LogP contribution in [0.25, 0.3) is 11.0 Å². The van der Waals surface area contributed by atoms with Crippen molar-refractivity contribution < 1.29 is 19.3 Å². The summed E-state index contributed by atoms with van der Waals surface area (Å²) in [6.45, 7) is 0. The lowest BCUT2D eigenvalue weighted by Gasteiger charge is -2.38. The molecule has 5 rings (SSSR count). The van der Waals surface area contributed by atoms with Crippen molar-refractivity contribution in [2.45, 2.75) is 69.1 Å². The fourth-order valence-electron chi connectivity index (χ4n) is 5.19. The molecule has 2 N–H and O–H groups in total. The summed E-state index contributed by atoms with van der Waals surface area (Å²) in [6, 6.07) is 6.03. The fourth-order valence-corrected chi connectivity index (χ4v) is 5.19. The summed E-state index contributed by atoms with van der Waals surface area (Å²) >= 11 is 0. The maximum Gasteiger partial charge on any atom is 0.213 e. The Hall–Kier alpha value is -3.16. The maximum absolute atomic E-state index is 11.4. The molecule has 0 saturated heterocycles. The van der Waals surface area contributed by atoms with Gasteiger partial charge >= 0.3 is 0 Å². The van der Waals surface area contributed by atoms with E-state index in [0.717, 1.165) is 67.3 Å². The summed E-state index contributed by atoms with van der Waals surface area (Å²) in [7, 11) is 1.62. The first-order valence-electron chi connectivity index (χ1n) is 12.4. The number of rotatable bonds is 8. The van der Waals surface area contributed by atoms with Crippen molar-refractivity contribution in [3.05, 3.63) is 78.3 Å². The molecule has 0 spiro atoms. The van der Waals surface area contributed by atoms with Gasteiger partial charge in [0.15, 0.2) is 5.76 Å². The van der Waals surface area contributed by atoms with Gasteiger partial charge in [-0.25, -0.2) is 4.98 Å². The van der Waals surface area contributed by atoms with E-state index in [9.17, 15) is 5.11 Å². The third kappa shape index (κ3) is 5.57. The van der Waals surface area contributed by atoms with E-state index in [0.29, 0.717) is 18.3 Å². The second-order valence-electron chi connectivity index (χ2n) is 9.54. The lowest BCUT2D eigenvalue weighted by molar-refractivity contribution is -0.0114. The molecule has 35 heavy (non-hydrogen) atoms. The minimum Gasteiger partial charge on any atom is -0.481 e. The van der Waals surface area contributed by atoms with Crippen LogP contribution in [-0.4, -0.2) is 39.9 Å². The van der Waals surface area contributed by atoms with Crippen molar-refractivity contribution in [3.63, 3.8) is 0 Å². The largest absolute Gasteiger partial charge is 0.481 e. The smallest absolute Gasteiger partial charge is 0.213 e. The zero-order chi connectivity index (χ0) is 24.1. The van der Waals surface area contributed by atoms with Crippen LogP contribution in [0.2, 0.25) is 0 Å². The number of hydrogen-bond acceptors (Lipinski definition) is 7. The Balaban J connectivity index is 1.21. The van der Waals surface area contributed by atoms with Crippen LogP contribution in [0, 0.1) is 0 Å². The molecule has 184 valence electrons. The van der Waals surface area contributed by atoms with Crippen LogP contribution in [0.15, 0.2) is 72.7 Å². The first kappa shape index (κ1) is 23.6. The fraction of sp³-hybridized carbons (Fsp3) is 0.429. The van der Waals surface area contributed by atoms with Gasteiger partial charge in [0.1, 0.15) is 18.8 Å². The van der Waals surface area contributed by atoms with Gasteiger partial charge in [0.05, 0.1) is 29.8 Å². The Morgan fingerprint density at radius 3 is 2.86 bits per heavy atom. The molecule has 7 nitrogen and oxygen atoms in total. The summed E-state index contributed by atoms with van der Waals surface area (Å²) < 4.78 is 16.5. The van der Waals surface area contributed by atoms with E-state index in [-0.39, 0.29) is 6.04 Å². The van der Waals surface area contributed by atoms with Crippen LogP contribution in [0.4, 0.5) is 0 Å². The van der Waals surface area contributed by atoms with Crippen molar-refractivity contribution in [1.29, 1.82) is 0 Å². The highest BCUT2D eigenvalue weighted by Crippen LogP contribution is 2.34. The number of ether oxygens (including phenoxy) is 3. The Morgan fingerprint density at radius 2 is 2.11 bits per heavy atom. The molecular weight excluding hydrogens is 442 g/mol. The summed E-state index contributed by atoms with van der Waals surface area (Å²) in [5.74, 6) is 1.36. The molecule has 1 atom stereocenters. The Kier molecular flexibility index (Phi) is 7.16. The highest BCUT2D eigenvalue weighted by molar-refractivity contribution is 5.78. The van der Waals surface area contributed by atoms with E-state index >= 15 is 0 Å². The second-order valence-corrected chi connectivity index (χ2v) is 9.54. The SMILES string of the molecule is COc1ccc2nccc(CCC3(O)CCC(NC(C4=CC=CCC4)C4=COC=CO4)CC3)c2n1. The number of nitrogens with one attached hydrogen (secondary N) is 1. The van der Waals surface area contributed by atoms with E-state index in [1.807, 2.05) is 24.4 Å². The van der Waals surface area contributed by atoms with Gasteiger partial charge in [0.2, 0.25) is 5.88 Å². The third-order valence-electron chi connectivity index (χ3n) is 7.25. The average Bonchev–Trinajstić information content (AvgIpc) is 2.92. The van der Waals surface area contributed by atoms with Gasteiger partial charge in [0.25, 0.3) is 0 Å². The number of aliphatic hydroxyl groups is 1. The summed E-state index contributed by atoms with van der Waals surface area (Å²) in [5, 5.41) is 15.2. The Labute approximate surface area is 206 Å². The molecule has 1 unspecified atom stereocenters. The third-order valence-corrected chi connectivity index (χ3v) is 7.25. The van der Waals surface area contributed by atoms with Crippen LogP contribution >= 0.6 is 0 Å². The van der Waals surface area contributed by atoms with Crippen LogP contribution < -0.4 is 10.1 Å². The topological polar surface area (TPSA) is 85.7 Å². The van der Waals surface area contributed by atoms with Crippen molar-refractivity contribution >= 4 is 11.0 Å². The molecule has 0 aromatic carbocycles. The number of nitrogens with zero attached hydrogens (tertiary/aromatic N) is 2. The monoisotopic (exact) mass is 475 g/mol. The van der Waals surface area contributed by atoms with Crippen molar-refractivity contribution in [2.75, 3.05) is 7.11 Å². The van der Waals surface area contributed by atoms with E-state index in [4.69, 9.17) is 14.2 Å². The molecule has 0 bridgehead atoms. The number of fused-ring (bicyclic) bond motifs is 1. The van der Waals surface area contributed by atoms with Gasteiger partial charge in [-0.15, -0.1) is 0 Å². The Morgan fingerprint density at radius 1 is 1.23 bits per heavy atom. The van der Waals surface area contributed by atoms with E-state index in [2.05, 4.69) is 33.5 Å². The average molecular weight is 476 g/mol. The lowest BCUT2D eigenvalue weighted by atomic mass is 9.78. The molecule has 1 aliphatic heterocycles. The second kappa shape index (κ2) is 10.6. The van der Waals surface area contributed by atoms with Crippen LogP contribution in [0.5, 0.6) is 5.88 Å². The lowest BCUT2D eigenvalue weighted by Crippen LogP contribution is -2.46. The highest BCUT2D eigenvalue weighted by Gasteiger charge is 2.35. The first-order valence-corrected chi connectivity index (χ1v) is 12.4. The van der Waals surface area contributed by atoms with Gasteiger partial charge in [-0.2, -0.15) is 0 Å². The normalized spacial score (nSPS) is 24.8. The van der Waals surface area contributed by atoms with Crippen LogP contribution in [-0.2, 0) is 15.9 Å². The standard InChI is InChI=1S/C28H33N3O4/c1-33-25-8-7-23-26(31-25)21(12-16-29-23)9-13-28(32)14-10-22(11-15-28)30-27(20-5-3-2-4-6-20)24-19-34-17-18-35-24/h2-3,5,7-8,12,16-19,22,27,30,32H,4,6,9-11,13-15H2,1H3. The summed E-state index contributed by atoms with van der Waals surface area (Å²) in [6.07, 6.45) is 19.9. The van der Waals surface area contributed by atoms with Gasteiger partial charge in [-0.1, -0.05) is 18.2 Å². The van der Waals surface area contributed by atoms with Crippen LogP contribution in [0.1, 0.15) is 50.5 Å². The molecule has 0 radical (unpaired) electrons. The molecule has 1 saturated carbocycles. The minimum atomic E-state index is -0.679. The number of hydrogen-bond donors (Lipinski definition) is 2. The minimum absolute atomic E-state index is 0.0228. The first-order chi connectivity index (χ1) is 17.1. The predicted octanol–water partition coefficient (Wildman–Crippen LogP) is 4.84. The number of pyridine rings is 2. The molecular formula is C28H33N3O4. The molecule has 2 aromatic rings. The molecule has 3 heterocycles. The van der Waals surface area contributed by atoms with Gasteiger partial charge in [-0.3, -0.25) is 4.98 Å².